The number of carbonyl (C=O) groups excluding carboxylic acids is 1. The van der Waals surface area contributed by atoms with Crippen LogP contribution >= 0.6 is 11.3 Å². The summed E-state index contributed by atoms with van der Waals surface area (Å²) in [6.45, 7) is 3.74. The lowest BCUT2D eigenvalue weighted by atomic mass is 10.3. The second-order valence-electron chi connectivity index (χ2n) is 4.81. The van der Waals surface area contributed by atoms with Crippen molar-refractivity contribution in [1.82, 2.24) is 9.38 Å². The van der Waals surface area contributed by atoms with Crippen molar-refractivity contribution in [2.75, 3.05) is 5.32 Å². The van der Waals surface area contributed by atoms with Crippen LogP contribution < -0.4 is 5.32 Å². The second kappa shape index (κ2) is 5.76. The summed E-state index contributed by atoms with van der Waals surface area (Å²) in [5.74, 6) is -0.416. The zero-order valence-corrected chi connectivity index (χ0v) is 12.9. The number of amides is 1. The predicted molar refractivity (Wildman–Crippen MR) is 82.7 cm³/mol. The van der Waals surface area contributed by atoms with Gasteiger partial charge in [0.25, 0.3) is 0 Å². The predicted octanol–water partition coefficient (Wildman–Crippen LogP) is 4.15. The van der Waals surface area contributed by atoms with Crippen LogP contribution in [0.4, 0.5) is 14.9 Å². The van der Waals surface area contributed by atoms with E-state index in [0.29, 0.717) is 5.69 Å². The van der Waals surface area contributed by atoms with E-state index in [1.54, 1.807) is 19.2 Å². The summed E-state index contributed by atoms with van der Waals surface area (Å²) >= 11 is 1.48. The average molecular weight is 319 g/mol. The highest BCUT2D eigenvalue weighted by molar-refractivity contribution is 7.17. The Labute approximate surface area is 130 Å². The molecule has 0 radical (unpaired) electrons. The fourth-order valence-corrected chi connectivity index (χ4v) is 3.28. The maximum absolute atomic E-state index is 13.1. The number of nitrogens with one attached hydrogen (secondary N) is 1. The molecule has 1 atom stereocenters. The van der Waals surface area contributed by atoms with Crippen LogP contribution in [0.25, 0.3) is 4.96 Å². The first-order chi connectivity index (χ1) is 10.5. The van der Waals surface area contributed by atoms with E-state index in [0.717, 1.165) is 15.5 Å². The van der Waals surface area contributed by atoms with Crippen molar-refractivity contribution < 1.29 is 13.9 Å². The summed E-state index contributed by atoms with van der Waals surface area (Å²) in [4.78, 5) is 17.9. The number of halogens is 1. The summed E-state index contributed by atoms with van der Waals surface area (Å²) in [7, 11) is 0. The van der Waals surface area contributed by atoms with Crippen molar-refractivity contribution in [2.24, 2.45) is 0 Å². The normalized spacial score (nSPS) is 12.3. The third-order valence-electron chi connectivity index (χ3n) is 3.25. The van der Waals surface area contributed by atoms with Crippen LogP contribution in [0.15, 0.2) is 36.7 Å². The Morgan fingerprint density at radius 2 is 2.32 bits per heavy atom. The Balaban J connectivity index is 1.70. The minimum Gasteiger partial charge on any atom is -0.440 e. The number of fused-ring (bicyclic) bond motifs is 1. The van der Waals surface area contributed by atoms with Crippen LogP contribution in [-0.2, 0) is 4.74 Å². The number of ether oxygens (including phenoxy) is 1. The largest absolute Gasteiger partial charge is 0.440 e. The highest BCUT2D eigenvalue weighted by Crippen LogP contribution is 2.30. The number of aryl methyl sites for hydroxylation is 1. The molecule has 1 N–H and O–H groups in total. The third-order valence-corrected chi connectivity index (χ3v) is 4.58. The second-order valence-corrected chi connectivity index (χ2v) is 5.82. The number of thiazole rings is 1. The number of rotatable bonds is 3. The van der Waals surface area contributed by atoms with E-state index >= 15 is 0 Å². The zero-order valence-electron chi connectivity index (χ0n) is 12.0. The Morgan fingerprint density at radius 1 is 1.50 bits per heavy atom. The number of carbonyl (C=O) groups is 1. The van der Waals surface area contributed by atoms with Gasteiger partial charge in [-0.2, -0.15) is 0 Å². The lowest BCUT2D eigenvalue weighted by molar-refractivity contribution is 0.122. The molecule has 0 saturated carbocycles. The molecule has 2 aromatic heterocycles. The Morgan fingerprint density at radius 3 is 3.05 bits per heavy atom. The summed E-state index contributed by atoms with van der Waals surface area (Å²) in [6.07, 6.45) is 2.55. The number of benzene rings is 1. The monoisotopic (exact) mass is 319 g/mol. The van der Waals surface area contributed by atoms with Gasteiger partial charge in [-0.15, -0.1) is 0 Å². The van der Waals surface area contributed by atoms with E-state index in [1.807, 2.05) is 17.5 Å². The lowest BCUT2D eigenvalue weighted by Crippen LogP contribution is -2.16. The van der Waals surface area contributed by atoms with Gasteiger partial charge in [-0.25, -0.2) is 14.2 Å². The van der Waals surface area contributed by atoms with Crippen LogP contribution in [0.1, 0.15) is 23.6 Å². The molecule has 1 aromatic carbocycles. The van der Waals surface area contributed by atoms with Gasteiger partial charge in [0, 0.05) is 23.8 Å². The number of imidazole rings is 1. The summed E-state index contributed by atoms with van der Waals surface area (Å²) < 4.78 is 20.4. The van der Waals surface area contributed by atoms with E-state index < -0.39 is 18.0 Å². The molecule has 3 rings (SSSR count). The summed E-state index contributed by atoms with van der Waals surface area (Å²) in [5.41, 5.74) is 1.35. The quantitative estimate of drug-likeness (QED) is 0.789. The molecule has 0 saturated heterocycles. The van der Waals surface area contributed by atoms with Gasteiger partial charge >= 0.3 is 6.09 Å². The number of aromatic nitrogens is 2. The van der Waals surface area contributed by atoms with Crippen molar-refractivity contribution in [2.45, 2.75) is 20.0 Å². The fourth-order valence-electron chi connectivity index (χ4n) is 2.22. The highest BCUT2D eigenvalue weighted by atomic mass is 32.1. The van der Waals surface area contributed by atoms with Crippen LogP contribution in [0, 0.1) is 12.7 Å². The first-order valence-corrected chi connectivity index (χ1v) is 7.52. The summed E-state index contributed by atoms with van der Waals surface area (Å²) in [5, 5.41) is 2.51. The molecular weight excluding hydrogens is 305 g/mol. The van der Waals surface area contributed by atoms with Crippen molar-refractivity contribution >= 4 is 28.1 Å². The smallest absolute Gasteiger partial charge is 0.412 e. The van der Waals surface area contributed by atoms with E-state index in [4.69, 9.17) is 4.74 Å². The molecule has 0 aliphatic rings. The van der Waals surface area contributed by atoms with Gasteiger partial charge in [-0.3, -0.25) is 9.72 Å². The number of nitrogens with zero attached hydrogens (tertiary/aromatic N) is 2. The first-order valence-electron chi connectivity index (χ1n) is 6.70. The van der Waals surface area contributed by atoms with E-state index in [1.165, 1.54) is 29.5 Å². The molecule has 0 aliphatic carbocycles. The van der Waals surface area contributed by atoms with E-state index in [-0.39, 0.29) is 0 Å². The molecule has 0 aliphatic heterocycles. The minimum absolute atomic E-state index is 0.356. The summed E-state index contributed by atoms with van der Waals surface area (Å²) in [6, 6.07) is 5.66. The minimum atomic E-state index is -0.622. The fraction of sp³-hybridized carbons (Fsp3) is 0.200. The van der Waals surface area contributed by atoms with E-state index in [9.17, 15) is 9.18 Å². The van der Waals surface area contributed by atoms with Crippen LogP contribution in [0.2, 0.25) is 0 Å². The van der Waals surface area contributed by atoms with Gasteiger partial charge in [0.05, 0.1) is 4.88 Å². The standard InChI is InChI=1S/C15H14FN3O2S/c1-9-13(22-14-17-6-7-19(9)14)10(2)21-15(20)18-12-5-3-4-11(16)8-12/h3-8,10H,1-2H3,(H,18,20). The van der Waals surface area contributed by atoms with Gasteiger partial charge in [-0.1, -0.05) is 17.4 Å². The topological polar surface area (TPSA) is 55.6 Å². The van der Waals surface area contributed by atoms with Crippen LogP contribution in [0.5, 0.6) is 0 Å². The molecule has 0 spiro atoms. The van der Waals surface area contributed by atoms with Gasteiger partial charge < -0.3 is 4.74 Å². The molecular formula is C15H14FN3O2S. The molecule has 0 bridgehead atoms. The Bertz CT molecular complexity index is 827. The van der Waals surface area contributed by atoms with Gasteiger partial charge in [-0.05, 0) is 32.0 Å². The van der Waals surface area contributed by atoms with Crippen molar-refractivity contribution in [1.29, 1.82) is 0 Å². The maximum atomic E-state index is 13.1. The van der Waals surface area contributed by atoms with Crippen molar-refractivity contribution in [3.05, 3.63) is 53.0 Å². The lowest BCUT2D eigenvalue weighted by Gasteiger charge is -2.13. The average Bonchev–Trinajstić information content (AvgIpc) is 3.02. The molecule has 22 heavy (non-hydrogen) atoms. The van der Waals surface area contributed by atoms with Gasteiger partial charge in [0.15, 0.2) is 4.96 Å². The van der Waals surface area contributed by atoms with Gasteiger partial charge in [0.1, 0.15) is 11.9 Å². The third kappa shape index (κ3) is 2.80. The van der Waals surface area contributed by atoms with E-state index in [2.05, 4.69) is 10.3 Å². The van der Waals surface area contributed by atoms with Crippen LogP contribution in [-0.4, -0.2) is 15.5 Å². The number of hydrogen-bond donors (Lipinski definition) is 1. The Kier molecular flexibility index (Phi) is 3.81. The molecule has 1 unspecified atom stereocenters. The zero-order chi connectivity index (χ0) is 15.7. The molecule has 2 heterocycles. The van der Waals surface area contributed by atoms with Crippen molar-refractivity contribution in [3.8, 4) is 0 Å². The first kappa shape index (κ1) is 14.5. The highest BCUT2D eigenvalue weighted by Gasteiger charge is 2.19. The maximum Gasteiger partial charge on any atom is 0.412 e. The molecule has 5 nitrogen and oxygen atoms in total. The van der Waals surface area contributed by atoms with Crippen molar-refractivity contribution in [3.63, 3.8) is 0 Å². The SMILES string of the molecule is Cc1c(C(C)OC(=O)Nc2cccc(F)c2)sc2nccn12. The molecule has 1 amide bonds. The van der Waals surface area contributed by atoms with Gasteiger partial charge in [0.2, 0.25) is 0 Å². The van der Waals surface area contributed by atoms with Crippen LogP contribution in [0.3, 0.4) is 0 Å². The molecule has 0 fully saturated rings. The Hall–Kier alpha value is -2.41. The molecule has 114 valence electrons. The number of anilines is 1. The molecule has 3 aromatic rings. The molecule has 7 heteroatoms. The number of hydrogen-bond acceptors (Lipinski definition) is 4.